The number of benzene rings is 2. The van der Waals surface area contributed by atoms with Gasteiger partial charge in [0.1, 0.15) is 5.75 Å². The number of para-hydroxylation sites is 1. The third-order valence-electron chi connectivity index (χ3n) is 2.77. The molecule has 2 aromatic carbocycles. The fraction of sp³-hybridized carbons (Fsp3) is 0.133. The maximum absolute atomic E-state index is 9.23. The molecule has 2 N–H and O–H groups in total. The molecule has 92 valence electrons. The number of hydrogen-bond donors (Lipinski definition) is 2. The Morgan fingerprint density at radius 2 is 1.72 bits per heavy atom. The summed E-state index contributed by atoms with van der Waals surface area (Å²) in [6.07, 6.45) is 0. The summed E-state index contributed by atoms with van der Waals surface area (Å²) in [6.45, 7) is 3.96. The van der Waals surface area contributed by atoms with Crippen LogP contribution in [0.1, 0.15) is 18.1 Å². The Hall–Kier alpha value is -2.29. The number of anilines is 1. The first-order valence-electron chi connectivity index (χ1n) is 5.82. The van der Waals surface area contributed by atoms with Gasteiger partial charge in [-0.1, -0.05) is 18.2 Å². The normalized spacial score (nSPS) is 11.3. The molecular weight excluding hydrogens is 224 g/mol. The maximum Gasteiger partial charge on any atom is 0.115 e. The molecule has 0 saturated carbocycles. The monoisotopic (exact) mass is 240 g/mol. The lowest BCUT2D eigenvalue weighted by atomic mass is 10.1. The van der Waals surface area contributed by atoms with E-state index in [1.165, 1.54) is 0 Å². The van der Waals surface area contributed by atoms with Crippen molar-refractivity contribution in [3.63, 3.8) is 0 Å². The molecule has 3 heteroatoms. The number of phenolic OH excluding ortho intramolecular Hbond substituents is 1. The predicted octanol–water partition coefficient (Wildman–Crippen LogP) is 3.54. The quantitative estimate of drug-likeness (QED) is 0.636. The zero-order chi connectivity index (χ0) is 13.0. The van der Waals surface area contributed by atoms with Crippen molar-refractivity contribution in [1.82, 2.24) is 0 Å². The van der Waals surface area contributed by atoms with E-state index in [0.29, 0.717) is 0 Å². The largest absolute Gasteiger partial charge is 0.508 e. The molecule has 3 nitrogen and oxygen atoms in total. The zero-order valence-electron chi connectivity index (χ0n) is 10.5. The second-order valence-electron chi connectivity index (χ2n) is 4.17. The van der Waals surface area contributed by atoms with Gasteiger partial charge in [0.05, 0.1) is 11.4 Å². The average Bonchev–Trinajstić information content (AvgIpc) is 2.38. The van der Waals surface area contributed by atoms with E-state index in [4.69, 9.17) is 0 Å². The molecule has 0 unspecified atom stereocenters. The van der Waals surface area contributed by atoms with Crippen molar-refractivity contribution in [2.75, 3.05) is 5.43 Å². The number of aryl methyl sites for hydroxylation is 1. The van der Waals surface area contributed by atoms with Crippen LogP contribution in [0.5, 0.6) is 5.75 Å². The fourth-order valence-electron chi connectivity index (χ4n) is 1.61. The molecule has 0 aliphatic heterocycles. The SMILES string of the molecule is C/C(=N\Nc1ccccc1C)c1ccc(O)cc1. The molecule has 0 aliphatic rings. The molecule has 2 rings (SSSR count). The van der Waals surface area contributed by atoms with Crippen LogP contribution >= 0.6 is 0 Å². The minimum Gasteiger partial charge on any atom is -0.508 e. The highest BCUT2D eigenvalue weighted by Crippen LogP contribution is 2.14. The molecule has 0 atom stereocenters. The van der Waals surface area contributed by atoms with Crippen molar-refractivity contribution in [3.8, 4) is 5.75 Å². The van der Waals surface area contributed by atoms with Crippen LogP contribution < -0.4 is 5.43 Å². The summed E-state index contributed by atoms with van der Waals surface area (Å²) in [6, 6.07) is 15.0. The summed E-state index contributed by atoms with van der Waals surface area (Å²) in [5.41, 5.74) is 7.05. The number of phenols is 1. The molecule has 18 heavy (non-hydrogen) atoms. The van der Waals surface area contributed by atoms with E-state index in [-0.39, 0.29) is 5.75 Å². The van der Waals surface area contributed by atoms with E-state index >= 15 is 0 Å². The molecule has 0 heterocycles. The van der Waals surface area contributed by atoms with Crippen LogP contribution in [0.3, 0.4) is 0 Å². The van der Waals surface area contributed by atoms with Gasteiger partial charge in [-0.2, -0.15) is 5.10 Å². The first-order chi connectivity index (χ1) is 8.66. The lowest BCUT2D eigenvalue weighted by Crippen LogP contribution is -2.00. The van der Waals surface area contributed by atoms with Crippen molar-refractivity contribution < 1.29 is 5.11 Å². The number of rotatable bonds is 3. The summed E-state index contributed by atoms with van der Waals surface area (Å²) in [5, 5.41) is 13.6. The standard InChI is InChI=1S/C15H16N2O/c1-11-5-3-4-6-15(11)17-16-12(2)13-7-9-14(18)10-8-13/h3-10,17-18H,1-2H3/b16-12+. The van der Waals surface area contributed by atoms with E-state index in [9.17, 15) is 5.11 Å². The summed E-state index contributed by atoms with van der Waals surface area (Å²) in [4.78, 5) is 0. The Morgan fingerprint density at radius 3 is 2.39 bits per heavy atom. The lowest BCUT2D eigenvalue weighted by molar-refractivity contribution is 0.475. The Morgan fingerprint density at radius 1 is 1.06 bits per heavy atom. The summed E-state index contributed by atoms with van der Waals surface area (Å²) < 4.78 is 0. The molecule has 0 amide bonds. The first kappa shape index (κ1) is 12.2. The zero-order valence-corrected chi connectivity index (χ0v) is 10.5. The van der Waals surface area contributed by atoms with Gasteiger partial charge in [-0.3, -0.25) is 5.43 Å². The van der Waals surface area contributed by atoms with Gasteiger partial charge < -0.3 is 5.11 Å². The van der Waals surface area contributed by atoms with Crippen molar-refractivity contribution in [3.05, 3.63) is 59.7 Å². The number of nitrogens with one attached hydrogen (secondary N) is 1. The minimum atomic E-state index is 0.262. The van der Waals surface area contributed by atoms with Gasteiger partial charge in [0.15, 0.2) is 0 Å². The van der Waals surface area contributed by atoms with Crippen LogP contribution in [0.2, 0.25) is 0 Å². The summed E-state index contributed by atoms with van der Waals surface area (Å²) in [5.74, 6) is 0.262. The highest BCUT2D eigenvalue weighted by atomic mass is 16.3. The van der Waals surface area contributed by atoms with Crippen molar-refractivity contribution >= 4 is 11.4 Å². The first-order valence-corrected chi connectivity index (χ1v) is 5.82. The molecule has 0 saturated heterocycles. The number of aromatic hydroxyl groups is 1. The maximum atomic E-state index is 9.23. The van der Waals surface area contributed by atoms with E-state index in [1.54, 1.807) is 12.1 Å². The topological polar surface area (TPSA) is 44.6 Å². The molecular formula is C15H16N2O. The Kier molecular flexibility index (Phi) is 3.63. The second kappa shape index (κ2) is 5.36. The van der Waals surface area contributed by atoms with Crippen molar-refractivity contribution in [2.45, 2.75) is 13.8 Å². The van der Waals surface area contributed by atoms with Gasteiger partial charge in [-0.05, 0) is 55.3 Å². The van der Waals surface area contributed by atoms with Crippen LogP contribution in [-0.2, 0) is 0 Å². The molecule has 0 spiro atoms. The molecule has 2 aromatic rings. The fourth-order valence-corrected chi connectivity index (χ4v) is 1.61. The molecule has 0 fully saturated rings. The Bertz CT molecular complexity index is 559. The third-order valence-corrected chi connectivity index (χ3v) is 2.77. The highest BCUT2D eigenvalue weighted by Gasteiger charge is 1.98. The smallest absolute Gasteiger partial charge is 0.115 e. The summed E-state index contributed by atoms with van der Waals surface area (Å²) in [7, 11) is 0. The van der Waals surface area contributed by atoms with Crippen LogP contribution in [0.15, 0.2) is 53.6 Å². The minimum absolute atomic E-state index is 0.262. The Labute approximate surface area is 107 Å². The lowest BCUT2D eigenvalue weighted by Gasteiger charge is -2.06. The van der Waals surface area contributed by atoms with Crippen LogP contribution in [0, 0.1) is 6.92 Å². The third kappa shape index (κ3) is 2.88. The van der Waals surface area contributed by atoms with Gasteiger partial charge in [-0.25, -0.2) is 0 Å². The summed E-state index contributed by atoms with van der Waals surface area (Å²) >= 11 is 0. The van der Waals surface area contributed by atoms with Gasteiger partial charge in [0.2, 0.25) is 0 Å². The average molecular weight is 240 g/mol. The van der Waals surface area contributed by atoms with E-state index in [2.05, 4.69) is 10.5 Å². The molecule has 0 bridgehead atoms. The van der Waals surface area contributed by atoms with E-state index in [0.717, 1.165) is 22.5 Å². The highest BCUT2D eigenvalue weighted by molar-refractivity contribution is 5.99. The number of hydrazone groups is 1. The van der Waals surface area contributed by atoms with E-state index in [1.807, 2.05) is 50.2 Å². The number of hydrogen-bond acceptors (Lipinski definition) is 3. The van der Waals surface area contributed by atoms with Crippen LogP contribution in [0.25, 0.3) is 0 Å². The van der Waals surface area contributed by atoms with Gasteiger partial charge in [-0.15, -0.1) is 0 Å². The second-order valence-corrected chi connectivity index (χ2v) is 4.17. The Balaban J connectivity index is 2.14. The predicted molar refractivity (Wildman–Crippen MR) is 75.1 cm³/mol. The van der Waals surface area contributed by atoms with E-state index < -0.39 is 0 Å². The number of nitrogens with zero attached hydrogens (tertiary/aromatic N) is 1. The molecule has 0 aromatic heterocycles. The van der Waals surface area contributed by atoms with Gasteiger partial charge >= 0.3 is 0 Å². The van der Waals surface area contributed by atoms with Gasteiger partial charge in [0.25, 0.3) is 0 Å². The van der Waals surface area contributed by atoms with Crippen molar-refractivity contribution in [2.24, 2.45) is 5.10 Å². The van der Waals surface area contributed by atoms with Crippen LogP contribution in [0.4, 0.5) is 5.69 Å². The van der Waals surface area contributed by atoms with Gasteiger partial charge in [0, 0.05) is 0 Å². The van der Waals surface area contributed by atoms with Crippen LogP contribution in [-0.4, -0.2) is 10.8 Å². The molecule has 0 radical (unpaired) electrons. The molecule has 0 aliphatic carbocycles. The van der Waals surface area contributed by atoms with Crippen molar-refractivity contribution in [1.29, 1.82) is 0 Å².